The smallest absolute Gasteiger partial charge is 0.103 e. The van der Waals surface area contributed by atoms with Crippen molar-refractivity contribution in [3.8, 4) is 0 Å². The van der Waals surface area contributed by atoms with Gasteiger partial charge in [0, 0.05) is 12.5 Å². The first kappa shape index (κ1) is 9.84. The first-order valence-electron chi connectivity index (χ1n) is 3.21. The molecule has 4 nitrogen and oxygen atoms in total. The number of aliphatic hydroxyl groups excluding tert-OH is 4. The van der Waals surface area contributed by atoms with E-state index in [2.05, 4.69) is 0 Å². The van der Waals surface area contributed by atoms with E-state index in [1.807, 2.05) is 0 Å². The van der Waals surface area contributed by atoms with Crippen LogP contribution in [0.2, 0.25) is 0 Å². The van der Waals surface area contributed by atoms with E-state index < -0.39 is 24.7 Å². The molecule has 0 aromatic heterocycles. The van der Waals surface area contributed by atoms with E-state index >= 15 is 0 Å². The third-order valence-electron chi connectivity index (χ3n) is 1.45. The van der Waals surface area contributed by atoms with Crippen LogP contribution in [-0.2, 0) is 0 Å². The van der Waals surface area contributed by atoms with E-state index in [1.54, 1.807) is 6.92 Å². The van der Waals surface area contributed by atoms with Crippen LogP contribution in [0.25, 0.3) is 0 Å². The van der Waals surface area contributed by atoms with Gasteiger partial charge in [-0.25, -0.2) is 0 Å². The largest absolute Gasteiger partial charge is 0.396 e. The second kappa shape index (κ2) is 4.62. The average Bonchev–Trinajstić information content (AvgIpc) is 2.00. The SMILES string of the molecule is C[C@H](CO)[C@@H](O)[C@H](O)CO. The summed E-state index contributed by atoms with van der Waals surface area (Å²) in [6.07, 6.45) is -2.20. The minimum Gasteiger partial charge on any atom is -0.396 e. The van der Waals surface area contributed by atoms with E-state index in [0.29, 0.717) is 0 Å². The Morgan fingerprint density at radius 1 is 1.10 bits per heavy atom. The number of hydrogen-bond acceptors (Lipinski definition) is 4. The van der Waals surface area contributed by atoms with E-state index in [1.165, 1.54) is 0 Å². The Kier molecular flexibility index (Phi) is 4.55. The quantitative estimate of drug-likeness (QED) is 0.386. The molecule has 0 aromatic carbocycles. The van der Waals surface area contributed by atoms with E-state index in [4.69, 9.17) is 20.4 Å². The molecule has 0 rings (SSSR count). The monoisotopic (exact) mass is 150 g/mol. The first-order valence-corrected chi connectivity index (χ1v) is 3.21. The van der Waals surface area contributed by atoms with Gasteiger partial charge in [0.2, 0.25) is 0 Å². The third kappa shape index (κ3) is 2.62. The highest BCUT2D eigenvalue weighted by Crippen LogP contribution is 2.05. The van der Waals surface area contributed by atoms with Crippen molar-refractivity contribution in [2.24, 2.45) is 5.92 Å². The van der Waals surface area contributed by atoms with Gasteiger partial charge < -0.3 is 20.4 Å². The average molecular weight is 150 g/mol. The van der Waals surface area contributed by atoms with Crippen LogP contribution in [-0.4, -0.2) is 45.8 Å². The predicted molar refractivity (Wildman–Crippen MR) is 35.3 cm³/mol. The van der Waals surface area contributed by atoms with E-state index in [0.717, 1.165) is 0 Å². The molecule has 0 aliphatic carbocycles. The lowest BCUT2D eigenvalue weighted by atomic mass is 10.0. The van der Waals surface area contributed by atoms with Crippen LogP contribution in [0.3, 0.4) is 0 Å². The zero-order chi connectivity index (χ0) is 8.15. The van der Waals surface area contributed by atoms with Gasteiger partial charge in [0.1, 0.15) is 6.10 Å². The molecule has 0 saturated carbocycles. The Labute approximate surface area is 59.7 Å². The molecule has 0 spiro atoms. The Hall–Kier alpha value is -0.160. The summed E-state index contributed by atoms with van der Waals surface area (Å²) < 4.78 is 0. The molecule has 62 valence electrons. The van der Waals surface area contributed by atoms with Gasteiger partial charge in [-0.15, -0.1) is 0 Å². The van der Waals surface area contributed by atoms with Crippen molar-refractivity contribution in [1.82, 2.24) is 0 Å². The fraction of sp³-hybridized carbons (Fsp3) is 1.00. The zero-order valence-corrected chi connectivity index (χ0v) is 5.94. The highest BCUT2D eigenvalue weighted by atomic mass is 16.4. The van der Waals surface area contributed by atoms with Crippen molar-refractivity contribution in [2.75, 3.05) is 13.2 Å². The van der Waals surface area contributed by atoms with Crippen molar-refractivity contribution in [2.45, 2.75) is 19.1 Å². The molecule has 0 amide bonds. The summed E-state index contributed by atoms with van der Waals surface area (Å²) in [5.74, 6) is -0.401. The summed E-state index contributed by atoms with van der Waals surface area (Å²) in [6.45, 7) is 0.910. The summed E-state index contributed by atoms with van der Waals surface area (Å²) in [7, 11) is 0. The van der Waals surface area contributed by atoms with Crippen molar-refractivity contribution >= 4 is 0 Å². The maximum Gasteiger partial charge on any atom is 0.103 e. The number of rotatable bonds is 4. The summed E-state index contributed by atoms with van der Waals surface area (Å²) in [4.78, 5) is 0. The second-order valence-electron chi connectivity index (χ2n) is 2.40. The minimum atomic E-state index is -1.15. The summed E-state index contributed by atoms with van der Waals surface area (Å²) in [5, 5.41) is 34.7. The lowest BCUT2D eigenvalue weighted by molar-refractivity contribution is -0.0496. The number of hydrogen-bond donors (Lipinski definition) is 4. The fourth-order valence-electron chi connectivity index (χ4n) is 0.595. The van der Waals surface area contributed by atoms with Gasteiger partial charge in [-0.2, -0.15) is 0 Å². The second-order valence-corrected chi connectivity index (χ2v) is 2.40. The topological polar surface area (TPSA) is 80.9 Å². The van der Waals surface area contributed by atoms with Crippen LogP contribution in [0.4, 0.5) is 0 Å². The number of aliphatic hydroxyl groups is 4. The van der Waals surface area contributed by atoms with Gasteiger partial charge in [0.15, 0.2) is 0 Å². The maximum absolute atomic E-state index is 9.02. The van der Waals surface area contributed by atoms with Crippen LogP contribution >= 0.6 is 0 Å². The molecule has 0 bridgehead atoms. The van der Waals surface area contributed by atoms with Crippen molar-refractivity contribution in [1.29, 1.82) is 0 Å². The van der Waals surface area contributed by atoms with Gasteiger partial charge in [-0.05, 0) is 0 Å². The third-order valence-corrected chi connectivity index (χ3v) is 1.45. The van der Waals surface area contributed by atoms with Crippen molar-refractivity contribution in [3.63, 3.8) is 0 Å². The van der Waals surface area contributed by atoms with Gasteiger partial charge >= 0.3 is 0 Å². The molecule has 10 heavy (non-hydrogen) atoms. The lowest BCUT2D eigenvalue weighted by Crippen LogP contribution is -2.36. The van der Waals surface area contributed by atoms with E-state index in [9.17, 15) is 0 Å². The molecule has 0 saturated heterocycles. The molecular formula is C6H14O4. The fourth-order valence-corrected chi connectivity index (χ4v) is 0.595. The van der Waals surface area contributed by atoms with Crippen LogP contribution < -0.4 is 0 Å². The standard InChI is InChI=1S/C6H14O4/c1-4(2-7)6(10)5(9)3-8/h4-10H,2-3H2,1H3/t4-,5-,6-/m1/s1. The predicted octanol–water partition coefficient (Wildman–Crippen LogP) is -1.67. The molecule has 0 unspecified atom stereocenters. The molecular weight excluding hydrogens is 136 g/mol. The molecule has 0 radical (unpaired) electrons. The van der Waals surface area contributed by atoms with Crippen LogP contribution in [0.15, 0.2) is 0 Å². The van der Waals surface area contributed by atoms with Crippen LogP contribution in [0.1, 0.15) is 6.92 Å². The summed E-state index contributed by atoms with van der Waals surface area (Å²) >= 11 is 0. The Morgan fingerprint density at radius 3 is 1.90 bits per heavy atom. The zero-order valence-electron chi connectivity index (χ0n) is 5.94. The molecule has 0 aliphatic rings. The van der Waals surface area contributed by atoms with Crippen molar-refractivity contribution in [3.05, 3.63) is 0 Å². The van der Waals surface area contributed by atoms with Gasteiger partial charge in [0.25, 0.3) is 0 Å². The normalized spacial score (nSPS) is 20.1. The summed E-state index contributed by atoms with van der Waals surface area (Å²) in [6, 6.07) is 0. The Balaban J connectivity index is 3.69. The molecule has 0 aromatic rings. The highest BCUT2D eigenvalue weighted by Gasteiger charge is 2.20. The first-order chi connectivity index (χ1) is 4.63. The Bertz CT molecular complexity index is 75.8. The maximum atomic E-state index is 9.02. The van der Waals surface area contributed by atoms with Crippen LogP contribution in [0.5, 0.6) is 0 Å². The molecule has 4 N–H and O–H groups in total. The van der Waals surface area contributed by atoms with Crippen LogP contribution in [0, 0.1) is 5.92 Å². The van der Waals surface area contributed by atoms with Gasteiger partial charge in [-0.3, -0.25) is 0 Å². The molecule has 0 fully saturated rings. The molecule has 3 atom stereocenters. The minimum absolute atomic E-state index is 0.196. The lowest BCUT2D eigenvalue weighted by Gasteiger charge is -2.20. The highest BCUT2D eigenvalue weighted by molar-refractivity contribution is 4.70. The van der Waals surface area contributed by atoms with Gasteiger partial charge in [0.05, 0.1) is 12.7 Å². The molecule has 4 heteroatoms. The molecule has 0 aliphatic heterocycles. The molecule has 0 heterocycles. The van der Waals surface area contributed by atoms with Crippen molar-refractivity contribution < 1.29 is 20.4 Å². The van der Waals surface area contributed by atoms with Gasteiger partial charge in [-0.1, -0.05) is 6.92 Å². The Morgan fingerprint density at radius 2 is 1.60 bits per heavy atom. The van der Waals surface area contributed by atoms with E-state index in [-0.39, 0.29) is 6.61 Å². The summed E-state index contributed by atoms with van der Waals surface area (Å²) in [5.41, 5.74) is 0.